The second-order valence-corrected chi connectivity index (χ2v) is 11.1. The average molecular weight is 529 g/mol. The number of sulfonamides is 1. The lowest BCUT2D eigenvalue weighted by Gasteiger charge is -2.18. The van der Waals surface area contributed by atoms with Crippen LogP contribution < -0.4 is 10.1 Å². The summed E-state index contributed by atoms with van der Waals surface area (Å²) in [5, 5.41) is 4.16. The van der Waals surface area contributed by atoms with Gasteiger partial charge in [0.05, 0.1) is 17.2 Å². The van der Waals surface area contributed by atoms with Gasteiger partial charge in [-0.3, -0.25) is 4.79 Å². The van der Waals surface area contributed by atoms with Gasteiger partial charge in [-0.1, -0.05) is 65.7 Å². The molecule has 4 rings (SSSR count). The molecule has 4 aromatic rings. The van der Waals surface area contributed by atoms with Gasteiger partial charge in [-0.2, -0.15) is 5.10 Å². The maximum atomic E-state index is 13.0. The van der Waals surface area contributed by atoms with E-state index in [1.54, 1.807) is 42.6 Å². The Hall–Kier alpha value is -4.01. The van der Waals surface area contributed by atoms with Crippen molar-refractivity contribution >= 4 is 22.1 Å². The maximum Gasteiger partial charge on any atom is 0.242 e. The van der Waals surface area contributed by atoms with E-state index < -0.39 is 22.0 Å². The van der Waals surface area contributed by atoms with Crippen molar-refractivity contribution in [3.8, 4) is 5.69 Å². The molecule has 0 saturated carbocycles. The molecule has 1 atom stereocenters. The highest BCUT2D eigenvalue weighted by molar-refractivity contribution is 7.89. The summed E-state index contributed by atoms with van der Waals surface area (Å²) in [7, 11) is -3.84. The normalized spacial score (nSPS) is 12.5. The number of hydrogen-bond acceptors (Lipinski definition) is 4. The minimum Gasteiger partial charge on any atom is -0.318 e. The molecule has 0 spiro atoms. The van der Waals surface area contributed by atoms with Crippen molar-refractivity contribution in [2.24, 2.45) is 5.10 Å². The van der Waals surface area contributed by atoms with Crippen LogP contribution in [0.5, 0.6) is 0 Å². The summed E-state index contributed by atoms with van der Waals surface area (Å²) in [4.78, 5) is 13.0. The second kappa shape index (κ2) is 11.6. The molecule has 0 aliphatic heterocycles. The molecule has 0 radical (unpaired) electrons. The van der Waals surface area contributed by atoms with Crippen LogP contribution in [0.1, 0.15) is 46.1 Å². The molecule has 0 saturated heterocycles. The lowest BCUT2D eigenvalue weighted by Crippen LogP contribution is -2.32. The highest BCUT2D eigenvalue weighted by Gasteiger charge is 2.23. The first-order valence-corrected chi connectivity index (χ1v) is 13.8. The first-order chi connectivity index (χ1) is 18.1. The van der Waals surface area contributed by atoms with Gasteiger partial charge in [-0.15, -0.1) is 0 Å². The largest absolute Gasteiger partial charge is 0.318 e. The molecular weight excluding hydrogens is 496 g/mol. The topological polar surface area (TPSA) is 92.6 Å². The van der Waals surface area contributed by atoms with Crippen LogP contribution in [0, 0.1) is 27.7 Å². The zero-order chi connectivity index (χ0) is 27.3. The second-order valence-electron chi connectivity index (χ2n) is 9.39. The number of aryl methyl sites for hydroxylation is 3. The average Bonchev–Trinajstić information content (AvgIpc) is 3.17. The SMILES string of the molecule is Cc1ccc(-n2c(C)cc(/C=N\NC(=O)C[C@@H](NS(=O)(=O)c3ccc(C)cc3)c3ccccc3)c2C)cc1. The Labute approximate surface area is 224 Å². The molecular formula is C30H32N4O3S. The summed E-state index contributed by atoms with van der Waals surface area (Å²) in [6.07, 6.45) is 1.49. The van der Waals surface area contributed by atoms with Gasteiger partial charge in [-0.25, -0.2) is 18.6 Å². The number of hydrogen-bond donors (Lipinski definition) is 2. The van der Waals surface area contributed by atoms with Gasteiger partial charge in [0.25, 0.3) is 0 Å². The van der Waals surface area contributed by atoms with Gasteiger partial charge in [0.15, 0.2) is 0 Å². The van der Waals surface area contributed by atoms with E-state index in [1.807, 2.05) is 45.0 Å². The Kier molecular flexibility index (Phi) is 8.24. The Morgan fingerprint density at radius 3 is 2.13 bits per heavy atom. The number of nitrogens with one attached hydrogen (secondary N) is 2. The minimum absolute atomic E-state index is 0.116. The number of carbonyl (C=O) groups is 1. The fourth-order valence-electron chi connectivity index (χ4n) is 4.30. The van der Waals surface area contributed by atoms with Crippen LogP contribution in [0.15, 0.2) is 94.9 Å². The van der Waals surface area contributed by atoms with Crippen LogP contribution in [0.3, 0.4) is 0 Å². The molecule has 1 aromatic heterocycles. The van der Waals surface area contributed by atoms with E-state index >= 15 is 0 Å². The molecule has 0 unspecified atom stereocenters. The molecule has 0 bridgehead atoms. The monoisotopic (exact) mass is 528 g/mol. The molecule has 0 fully saturated rings. The molecule has 1 heterocycles. The molecule has 1 amide bonds. The highest BCUT2D eigenvalue weighted by atomic mass is 32.2. The van der Waals surface area contributed by atoms with E-state index in [1.165, 1.54) is 5.56 Å². The molecule has 38 heavy (non-hydrogen) atoms. The number of hydrazone groups is 1. The van der Waals surface area contributed by atoms with Gasteiger partial charge in [-0.05, 0) is 63.6 Å². The van der Waals surface area contributed by atoms with Gasteiger partial charge < -0.3 is 4.57 Å². The van der Waals surface area contributed by atoms with Gasteiger partial charge in [0, 0.05) is 29.1 Å². The van der Waals surface area contributed by atoms with Crippen LogP contribution in [0.2, 0.25) is 0 Å². The maximum absolute atomic E-state index is 13.0. The Balaban J connectivity index is 1.48. The standard InChI is InChI=1S/C30H32N4O3S/c1-21-10-14-27(15-11-21)34-23(3)18-26(24(34)4)20-31-32-30(35)19-29(25-8-6-5-7-9-25)33-38(36,37)28-16-12-22(2)13-17-28/h5-18,20,29,33H,19H2,1-4H3,(H,32,35)/b31-20-/t29-/m1/s1. The molecule has 2 N–H and O–H groups in total. The van der Waals surface area contributed by atoms with Crippen molar-refractivity contribution in [2.45, 2.75) is 45.1 Å². The first-order valence-electron chi connectivity index (χ1n) is 12.4. The molecule has 8 heteroatoms. The lowest BCUT2D eigenvalue weighted by molar-refractivity contribution is -0.121. The van der Waals surface area contributed by atoms with Gasteiger partial charge in [0.1, 0.15) is 0 Å². The smallest absolute Gasteiger partial charge is 0.242 e. The minimum atomic E-state index is -3.84. The molecule has 0 aliphatic rings. The van der Waals surface area contributed by atoms with Crippen LogP contribution >= 0.6 is 0 Å². The summed E-state index contributed by atoms with van der Waals surface area (Å²) in [5.41, 5.74) is 9.37. The van der Waals surface area contributed by atoms with E-state index in [-0.39, 0.29) is 11.3 Å². The van der Waals surface area contributed by atoms with Gasteiger partial charge >= 0.3 is 0 Å². The van der Waals surface area contributed by atoms with E-state index in [0.717, 1.165) is 28.2 Å². The number of nitrogens with zero attached hydrogens (tertiary/aromatic N) is 2. The van der Waals surface area contributed by atoms with Crippen LogP contribution in [0.4, 0.5) is 0 Å². The molecule has 7 nitrogen and oxygen atoms in total. The molecule has 3 aromatic carbocycles. The molecule has 196 valence electrons. The lowest BCUT2D eigenvalue weighted by atomic mass is 10.0. The third kappa shape index (κ3) is 6.45. The third-order valence-corrected chi connectivity index (χ3v) is 7.86. The summed E-state index contributed by atoms with van der Waals surface area (Å²) < 4.78 is 30.9. The first kappa shape index (κ1) is 27.0. The highest BCUT2D eigenvalue weighted by Crippen LogP contribution is 2.22. The van der Waals surface area contributed by atoms with Gasteiger partial charge in [0.2, 0.25) is 15.9 Å². The Morgan fingerprint density at radius 1 is 0.895 bits per heavy atom. The number of aromatic nitrogens is 1. The Morgan fingerprint density at radius 2 is 1.50 bits per heavy atom. The Bertz CT molecular complexity index is 1540. The number of carbonyl (C=O) groups excluding carboxylic acids is 1. The molecule has 0 aliphatic carbocycles. The predicted octanol–water partition coefficient (Wildman–Crippen LogP) is 5.27. The van der Waals surface area contributed by atoms with Crippen LogP contribution in [-0.4, -0.2) is 25.1 Å². The predicted molar refractivity (Wildman–Crippen MR) is 151 cm³/mol. The summed E-state index contributed by atoms with van der Waals surface area (Å²) in [6.45, 7) is 7.96. The quantitative estimate of drug-likeness (QED) is 0.229. The summed E-state index contributed by atoms with van der Waals surface area (Å²) >= 11 is 0. The summed E-state index contributed by atoms with van der Waals surface area (Å²) in [5.74, 6) is -0.408. The van der Waals surface area contributed by atoms with Crippen molar-refractivity contribution in [1.29, 1.82) is 0 Å². The zero-order valence-electron chi connectivity index (χ0n) is 22.0. The van der Waals surface area contributed by atoms with E-state index in [4.69, 9.17) is 0 Å². The third-order valence-electron chi connectivity index (χ3n) is 6.38. The summed E-state index contributed by atoms with van der Waals surface area (Å²) in [6, 6.07) is 25.1. The van der Waals surface area contributed by atoms with Crippen LogP contribution in [-0.2, 0) is 14.8 Å². The van der Waals surface area contributed by atoms with E-state index in [0.29, 0.717) is 5.56 Å². The van der Waals surface area contributed by atoms with Crippen LogP contribution in [0.25, 0.3) is 5.69 Å². The fraction of sp³-hybridized carbons (Fsp3) is 0.200. The fourth-order valence-corrected chi connectivity index (χ4v) is 5.52. The van der Waals surface area contributed by atoms with E-state index in [9.17, 15) is 13.2 Å². The number of benzene rings is 3. The number of amides is 1. The van der Waals surface area contributed by atoms with Crippen molar-refractivity contribution in [1.82, 2.24) is 14.7 Å². The van der Waals surface area contributed by atoms with Crippen molar-refractivity contribution in [3.05, 3.63) is 119 Å². The van der Waals surface area contributed by atoms with Crippen molar-refractivity contribution in [3.63, 3.8) is 0 Å². The number of rotatable bonds is 9. The van der Waals surface area contributed by atoms with Crippen molar-refractivity contribution < 1.29 is 13.2 Å². The zero-order valence-corrected chi connectivity index (χ0v) is 22.8. The van der Waals surface area contributed by atoms with Crippen molar-refractivity contribution in [2.75, 3.05) is 0 Å². The van der Waals surface area contributed by atoms with E-state index in [2.05, 4.69) is 51.0 Å².